The van der Waals surface area contributed by atoms with Crippen LogP contribution in [0, 0.1) is 5.92 Å². The number of ether oxygens (including phenoxy) is 1. The molecule has 0 bridgehead atoms. The number of rotatable bonds is 2. The molecule has 1 saturated heterocycles. The van der Waals surface area contributed by atoms with E-state index >= 15 is 0 Å². The van der Waals surface area contributed by atoms with Gasteiger partial charge >= 0.3 is 0 Å². The van der Waals surface area contributed by atoms with E-state index in [1.54, 1.807) is 0 Å². The molecular weight excluding hydrogens is 171 g/mol. The maximum absolute atomic E-state index is 5.74. The van der Waals surface area contributed by atoms with Crippen molar-refractivity contribution in [3.05, 3.63) is 0 Å². The van der Waals surface area contributed by atoms with E-state index in [0.717, 1.165) is 19.4 Å². The first-order valence-corrected chi connectivity index (χ1v) is 4.52. The summed E-state index contributed by atoms with van der Waals surface area (Å²) in [5.41, 5.74) is 0. The van der Waals surface area contributed by atoms with E-state index in [1.807, 2.05) is 0 Å². The highest BCUT2D eigenvalue weighted by Crippen LogP contribution is 2.31. The van der Waals surface area contributed by atoms with Gasteiger partial charge in [0.2, 0.25) is 0 Å². The molecule has 0 saturated carbocycles. The topological polar surface area (TPSA) is 9.23 Å². The standard InChI is InChI=1S/C7H12Cl2O/c1-2-6-5(7(8)9)3-4-10-6/h5-7H,2-4H2,1H3. The monoisotopic (exact) mass is 182 g/mol. The Morgan fingerprint density at radius 2 is 2.30 bits per heavy atom. The van der Waals surface area contributed by atoms with Gasteiger partial charge in [-0.25, -0.2) is 0 Å². The van der Waals surface area contributed by atoms with Gasteiger partial charge in [-0.1, -0.05) is 6.92 Å². The van der Waals surface area contributed by atoms with Crippen LogP contribution in [0.4, 0.5) is 0 Å². The Kier molecular flexibility index (Phi) is 3.28. The second-order valence-electron chi connectivity index (χ2n) is 2.60. The molecule has 0 N–H and O–H groups in total. The van der Waals surface area contributed by atoms with Gasteiger partial charge in [0.15, 0.2) is 0 Å². The summed E-state index contributed by atoms with van der Waals surface area (Å²) in [6.45, 7) is 2.91. The van der Waals surface area contributed by atoms with E-state index in [2.05, 4.69) is 6.92 Å². The Hall–Kier alpha value is 0.540. The lowest BCUT2D eigenvalue weighted by Gasteiger charge is -2.16. The molecule has 0 aromatic rings. The summed E-state index contributed by atoms with van der Waals surface area (Å²) in [6, 6.07) is 0. The van der Waals surface area contributed by atoms with E-state index < -0.39 is 0 Å². The van der Waals surface area contributed by atoms with Gasteiger partial charge < -0.3 is 4.74 Å². The van der Waals surface area contributed by atoms with Gasteiger partial charge in [-0.05, 0) is 12.8 Å². The third-order valence-corrected chi connectivity index (χ3v) is 2.63. The lowest BCUT2D eigenvalue weighted by Crippen LogP contribution is -2.20. The highest BCUT2D eigenvalue weighted by Gasteiger charge is 2.31. The molecule has 3 heteroatoms. The van der Waals surface area contributed by atoms with Crippen LogP contribution in [-0.4, -0.2) is 17.5 Å². The first kappa shape index (κ1) is 8.63. The molecule has 60 valence electrons. The van der Waals surface area contributed by atoms with Gasteiger partial charge in [-0.15, -0.1) is 23.2 Å². The van der Waals surface area contributed by atoms with E-state index in [4.69, 9.17) is 27.9 Å². The predicted octanol–water partition coefficient (Wildman–Crippen LogP) is 2.61. The first-order chi connectivity index (χ1) is 4.75. The van der Waals surface area contributed by atoms with E-state index in [1.165, 1.54) is 0 Å². The zero-order valence-electron chi connectivity index (χ0n) is 6.02. The van der Waals surface area contributed by atoms with Crippen molar-refractivity contribution in [2.24, 2.45) is 5.92 Å². The van der Waals surface area contributed by atoms with Gasteiger partial charge in [0.05, 0.1) is 6.10 Å². The highest BCUT2D eigenvalue weighted by atomic mass is 35.5. The molecule has 10 heavy (non-hydrogen) atoms. The smallest absolute Gasteiger partial charge is 0.113 e. The number of hydrogen-bond acceptors (Lipinski definition) is 1. The third-order valence-electron chi connectivity index (χ3n) is 1.99. The van der Waals surface area contributed by atoms with Crippen LogP contribution in [-0.2, 0) is 4.74 Å². The first-order valence-electron chi connectivity index (χ1n) is 3.65. The molecule has 1 fully saturated rings. The van der Waals surface area contributed by atoms with Crippen LogP contribution < -0.4 is 0 Å². The molecule has 1 aliphatic rings. The largest absolute Gasteiger partial charge is 0.378 e. The zero-order valence-corrected chi connectivity index (χ0v) is 7.53. The van der Waals surface area contributed by atoms with Crippen molar-refractivity contribution in [2.45, 2.75) is 30.7 Å². The number of hydrogen-bond donors (Lipinski definition) is 0. The fraction of sp³-hybridized carbons (Fsp3) is 1.00. The van der Waals surface area contributed by atoms with Crippen LogP contribution in [0.2, 0.25) is 0 Å². The fourth-order valence-electron chi connectivity index (χ4n) is 1.37. The quantitative estimate of drug-likeness (QED) is 0.598. The average Bonchev–Trinajstić information content (AvgIpc) is 2.33. The van der Waals surface area contributed by atoms with Gasteiger partial charge in [-0.2, -0.15) is 0 Å². The molecule has 0 aliphatic carbocycles. The minimum atomic E-state index is -0.257. The molecule has 1 aliphatic heterocycles. The van der Waals surface area contributed by atoms with Crippen molar-refractivity contribution in [1.82, 2.24) is 0 Å². The molecule has 0 amide bonds. The zero-order chi connectivity index (χ0) is 7.56. The van der Waals surface area contributed by atoms with Gasteiger partial charge in [0.25, 0.3) is 0 Å². The van der Waals surface area contributed by atoms with Gasteiger partial charge in [0, 0.05) is 12.5 Å². The van der Waals surface area contributed by atoms with Crippen LogP contribution in [0.25, 0.3) is 0 Å². The van der Waals surface area contributed by atoms with E-state index in [0.29, 0.717) is 12.0 Å². The van der Waals surface area contributed by atoms with Crippen molar-refractivity contribution in [2.75, 3.05) is 6.61 Å². The van der Waals surface area contributed by atoms with Crippen molar-refractivity contribution < 1.29 is 4.74 Å². The minimum Gasteiger partial charge on any atom is -0.378 e. The lowest BCUT2D eigenvalue weighted by atomic mass is 10.0. The van der Waals surface area contributed by atoms with E-state index in [9.17, 15) is 0 Å². The second-order valence-corrected chi connectivity index (χ2v) is 3.77. The summed E-state index contributed by atoms with van der Waals surface area (Å²) < 4.78 is 5.41. The van der Waals surface area contributed by atoms with Crippen molar-refractivity contribution in [1.29, 1.82) is 0 Å². The van der Waals surface area contributed by atoms with Gasteiger partial charge in [0.1, 0.15) is 4.84 Å². The summed E-state index contributed by atoms with van der Waals surface area (Å²) in [6.07, 6.45) is 2.32. The molecule has 1 rings (SSSR count). The Morgan fingerprint density at radius 1 is 1.60 bits per heavy atom. The molecular formula is C7H12Cl2O. The minimum absolute atomic E-state index is 0.257. The summed E-state index contributed by atoms with van der Waals surface area (Å²) in [7, 11) is 0. The number of halogens is 2. The Morgan fingerprint density at radius 3 is 2.70 bits per heavy atom. The van der Waals surface area contributed by atoms with Crippen LogP contribution >= 0.6 is 23.2 Å². The van der Waals surface area contributed by atoms with Crippen molar-refractivity contribution in [3.8, 4) is 0 Å². The summed E-state index contributed by atoms with van der Waals surface area (Å²) in [4.78, 5) is -0.257. The number of alkyl halides is 2. The average molecular weight is 183 g/mol. The molecule has 2 unspecified atom stereocenters. The Bertz CT molecular complexity index is 106. The predicted molar refractivity (Wildman–Crippen MR) is 43.6 cm³/mol. The maximum Gasteiger partial charge on any atom is 0.113 e. The van der Waals surface area contributed by atoms with Crippen molar-refractivity contribution in [3.63, 3.8) is 0 Å². The SMILES string of the molecule is CCC1OCCC1C(Cl)Cl. The molecule has 0 radical (unpaired) electrons. The van der Waals surface area contributed by atoms with Crippen LogP contribution in [0.1, 0.15) is 19.8 Å². The lowest BCUT2D eigenvalue weighted by molar-refractivity contribution is 0.0901. The summed E-state index contributed by atoms with van der Waals surface area (Å²) in [5, 5.41) is 0. The summed E-state index contributed by atoms with van der Waals surface area (Å²) in [5.74, 6) is 0.355. The molecule has 1 nitrogen and oxygen atoms in total. The second kappa shape index (κ2) is 3.80. The highest BCUT2D eigenvalue weighted by molar-refractivity contribution is 6.44. The molecule has 2 atom stereocenters. The molecule has 0 aromatic heterocycles. The summed E-state index contributed by atoms with van der Waals surface area (Å²) >= 11 is 11.5. The normalized spacial score (nSPS) is 33.6. The van der Waals surface area contributed by atoms with Crippen LogP contribution in [0.15, 0.2) is 0 Å². The van der Waals surface area contributed by atoms with Crippen LogP contribution in [0.5, 0.6) is 0 Å². The molecule has 1 heterocycles. The molecule has 0 aromatic carbocycles. The fourth-order valence-corrected chi connectivity index (χ4v) is 1.95. The van der Waals surface area contributed by atoms with Gasteiger partial charge in [-0.3, -0.25) is 0 Å². The Balaban J connectivity index is 2.42. The maximum atomic E-state index is 5.74. The van der Waals surface area contributed by atoms with Crippen LogP contribution in [0.3, 0.4) is 0 Å². The molecule has 0 spiro atoms. The van der Waals surface area contributed by atoms with E-state index in [-0.39, 0.29) is 4.84 Å². The van der Waals surface area contributed by atoms with Crippen molar-refractivity contribution >= 4 is 23.2 Å². The Labute approximate surface area is 71.6 Å². The third kappa shape index (κ3) is 1.77.